The van der Waals surface area contributed by atoms with Gasteiger partial charge in [-0.3, -0.25) is 4.72 Å². The van der Waals surface area contributed by atoms with E-state index in [9.17, 15) is 8.42 Å². The SMILES string of the molecule is O=S(=O)(Nc1ccc(O)cc1)c1ccc(Br)cc1. The summed E-state index contributed by atoms with van der Waals surface area (Å²) >= 11 is 3.24. The molecular weight excluding hydrogens is 318 g/mol. The predicted molar refractivity (Wildman–Crippen MR) is 73.1 cm³/mol. The lowest BCUT2D eigenvalue weighted by atomic mass is 10.3. The molecular formula is C12H10BrNO3S. The molecule has 0 aromatic heterocycles. The zero-order valence-electron chi connectivity index (χ0n) is 9.17. The fraction of sp³-hybridized carbons (Fsp3) is 0. The van der Waals surface area contributed by atoms with Gasteiger partial charge in [-0.05, 0) is 48.5 Å². The van der Waals surface area contributed by atoms with Crippen LogP contribution in [0.2, 0.25) is 0 Å². The van der Waals surface area contributed by atoms with Crippen molar-refractivity contribution in [2.75, 3.05) is 4.72 Å². The largest absolute Gasteiger partial charge is 0.508 e. The second-order valence-electron chi connectivity index (χ2n) is 3.61. The van der Waals surface area contributed by atoms with Gasteiger partial charge in [0.15, 0.2) is 0 Å². The van der Waals surface area contributed by atoms with Crippen molar-refractivity contribution in [3.8, 4) is 5.75 Å². The van der Waals surface area contributed by atoms with Gasteiger partial charge in [-0.1, -0.05) is 15.9 Å². The maximum atomic E-state index is 12.0. The van der Waals surface area contributed by atoms with Crippen LogP contribution in [0.1, 0.15) is 0 Å². The van der Waals surface area contributed by atoms with Crippen LogP contribution in [-0.2, 0) is 10.0 Å². The van der Waals surface area contributed by atoms with Crippen molar-refractivity contribution >= 4 is 31.6 Å². The van der Waals surface area contributed by atoms with E-state index in [-0.39, 0.29) is 10.6 Å². The molecule has 4 nitrogen and oxygen atoms in total. The van der Waals surface area contributed by atoms with Crippen LogP contribution in [0.3, 0.4) is 0 Å². The van der Waals surface area contributed by atoms with Crippen LogP contribution in [0.25, 0.3) is 0 Å². The highest BCUT2D eigenvalue weighted by molar-refractivity contribution is 9.10. The van der Waals surface area contributed by atoms with Crippen LogP contribution in [0, 0.1) is 0 Å². The number of rotatable bonds is 3. The molecule has 0 bridgehead atoms. The second kappa shape index (κ2) is 4.99. The van der Waals surface area contributed by atoms with Crippen LogP contribution in [0.15, 0.2) is 57.9 Å². The molecule has 94 valence electrons. The van der Waals surface area contributed by atoms with Gasteiger partial charge in [0.25, 0.3) is 10.0 Å². The molecule has 0 heterocycles. The van der Waals surface area contributed by atoms with Crippen LogP contribution < -0.4 is 4.72 Å². The molecule has 0 aliphatic heterocycles. The summed E-state index contributed by atoms with van der Waals surface area (Å²) in [5.74, 6) is 0.0848. The van der Waals surface area contributed by atoms with Crippen molar-refractivity contribution in [3.63, 3.8) is 0 Å². The summed E-state index contributed by atoms with van der Waals surface area (Å²) in [6.07, 6.45) is 0. The molecule has 0 spiro atoms. The van der Waals surface area contributed by atoms with Gasteiger partial charge in [-0.15, -0.1) is 0 Å². The molecule has 2 N–H and O–H groups in total. The third-order valence-electron chi connectivity index (χ3n) is 2.24. The average Bonchev–Trinajstić information content (AvgIpc) is 2.32. The number of anilines is 1. The van der Waals surface area contributed by atoms with Crippen molar-refractivity contribution in [3.05, 3.63) is 53.0 Å². The summed E-state index contributed by atoms with van der Waals surface area (Å²) < 4.78 is 27.3. The molecule has 2 aromatic carbocycles. The number of phenolic OH excluding ortho intramolecular Hbond substituents is 1. The molecule has 0 saturated heterocycles. The Labute approximate surface area is 113 Å². The topological polar surface area (TPSA) is 66.4 Å². The van der Waals surface area contributed by atoms with E-state index in [2.05, 4.69) is 20.7 Å². The first-order chi connectivity index (χ1) is 8.47. The Morgan fingerprint density at radius 2 is 1.50 bits per heavy atom. The van der Waals surface area contributed by atoms with E-state index in [1.807, 2.05) is 0 Å². The van der Waals surface area contributed by atoms with Crippen LogP contribution in [0.4, 0.5) is 5.69 Å². The number of phenols is 1. The van der Waals surface area contributed by atoms with E-state index in [1.165, 1.54) is 36.4 Å². The Bertz CT molecular complexity index is 636. The first-order valence-corrected chi connectivity index (χ1v) is 7.32. The van der Waals surface area contributed by atoms with Gasteiger partial charge < -0.3 is 5.11 Å². The summed E-state index contributed by atoms with van der Waals surface area (Å²) in [5.41, 5.74) is 0.399. The average molecular weight is 328 g/mol. The van der Waals surface area contributed by atoms with Crippen molar-refractivity contribution in [1.82, 2.24) is 0 Å². The smallest absolute Gasteiger partial charge is 0.261 e. The normalized spacial score (nSPS) is 11.2. The lowest BCUT2D eigenvalue weighted by Crippen LogP contribution is -2.12. The minimum absolute atomic E-state index is 0.0848. The van der Waals surface area contributed by atoms with E-state index >= 15 is 0 Å². The Balaban J connectivity index is 2.27. The standard InChI is InChI=1S/C12H10BrNO3S/c13-9-1-7-12(8-2-9)18(16,17)14-10-3-5-11(15)6-4-10/h1-8,14-15H. The third kappa shape index (κ3) is 3.02. The molecule has 0 aliphatic carbocycles. The Hall–Kier alpha value is -1.53. The van der Waals surface area contributed by atoms with Crippen LogP contribution in [-0.4, -0.2) is 13.5 Å². The molecule has 2 rings (SSSR count). The zero-order valence-corrected chi connectivity index (χ0v) is 11.6. The van der Waals surface area contributed by atoms with Crippen molar-refractivity contribution in [2.45, 2.75) is 4.90 Å². The second-order valence-corrected chi connectivity index (χ2v) is 6.20. The first-order valence-electron chi connectivity index (χ1n) is 5.05. The first kappa shape index (κ1) is 12.9. The highest BCUT2D eigenvalue weighted by atomic mass is 79.9. The fourth-order valence-corrected chi connectivity index (χ4v) is 2.68. The molecule has 0 aliphatic rings. The van der Waals surface area contributed by atoms with E-state index in [4.69, 9.17) is 5.11 Å². The third-order valence-corrected chi connectivity index (χ3v) is 4.17. The molecule has 0 radical (unpaired) electrons. The van der Waals surface area contributed by atoms with Crippen molar-refractivity contribution in [1.29, 1.82) is 0 Å². The van der Waals surface area contributed by atoms with Gasteiger partial charge in [0.05, 0.1) is 4.90 Å². The van der Waals surface area contributed by atoms with Gasteiger partial charge >= 0.3 is 0 Å². The predicted octanol–water partition coefficient (Wildman–Crippen LogP) is 2.96. The highest BCUT2D eigenvalue weighted by Crippen LogP contribution is 2.20. The highest BCUT2D eigenvalue weighted by Gasteiger charge is 2.13. The zero-order chi connectivity index (χ0) is 13.2. The minimum Gasteiger partial charge on any atom is -0.508 e. The van der Waals surface area contributed by atoms with Gasteiger partial charge in [-0.25, -0.2) is 8.42 Å². The van der Waals surface area contributed by atoms with Crippen molar-refractivity contribution < 1.29 is 13.5 Å². The van der Waals surface area contributed by atoms with Gasteiger partial charge in [0.1, 0.15) is 5.75 Å². The lowest BCUT2D eigenvalue weighted by Gasteiger charge is -2.08. The number of aromatic hydroxyl groups is 1. The summed E-state index contributed by atoms with van der Waals surface area (Å²) in [5, 5.41) is 9.12. The molecule has 18 heavy (non-hydrogen) atoms. The molecule has 2 aromatic rings. The number of nitrogens with one attached hydrogen (secondary N) is 1. The molecule has 0 unspecified atom stereocenters. The molecule has 0 saturated carbocycles. The quantitative estimate of drug-likeness (QED) is 0.852. The number of halogens is 1. The maximum Gasteiger partial charge on any atom is 0.261 e. The van der Waals surface area contributed by atoms with Crippen molar-refractivity contribution in [2.24, 2.45) is 0 Å². The molecule has 0 amide bonds. The van der Waals surface area contributed by atoms with E-state index in [0.29, 0.717) is 5.69 Å². The molecule has 6 heteroatoms. The summed E-state index contributed by atoms with van der Waals surface area (Å²) in [4.78, 5) is 0.179. The fourth-order valence-electron chi connectivity index (χ4n) is 1.36. The number of hydrogen-bond acceptors (Lipinski definition) is 3. The summed E-state index contributed by atoms with van der Waals surface area (Å²) in [7, 11) is -3.60. The minimum atomic E-state index is -3.60. The number of sulfonamides is 1. The van der Waals surface area contributed by atoms with Gasteiger partial charge in [0.2, 0.25) is 0 Å². The lowest BCUT2D eigenvalue weighted by molar-refractivity contribution is 0.475. The summed E-state index contributed by atoms with van der Waals surface area (Å²) in [6, 6.07) is 12.1. The Kier molecular flexibility index (Phi) is 3.58. The monoisotopic (exact) mass is 327 g/mol. The number of hydrogen-bond donors (Lipinski definition) is 2. The summed E-state index contributed by atoms with van der Waals surface area (Å²) in [6.45, 7) is 0. The van der Waals surface area contributed by atoms with E-state index in [1.54, 1.807) is 12.1 Å². The van der Waals surface area contributed by atoms with Crippen LogP contribution in [0.5, 0.6) is 5.75 Å². The number of benzene rings is 2. The maximum absolute atomic E-state index is 12.0. The van der Waals surface area contributed by atoms with Crippen LogP contribution >= 0.6 is 15.9 Å². The van der Waals surface area contributed by atoms with Gasteiger partial charge in [0, 0.05) is 10.2 Å². The Morgan fingerprint density at radius 1 is 0.944 bits per heavy atom. The molecule has 0 fully saturated rings. The molecule has 0 atom stereocenters. The van der Waals surface area contributed by atoms with Gasteiger partial charge in [-0.2, -0.15) is 0 Å². The van der Waals surface area contributed by atoms with E-state index in [0.717, 1.165) is 4.47 Å². The van der Waals surface area contributed by atoms with E-state index < -0.39 is 10.0 Å². The Morgan fingerprint density at radius 3 is 2.06 bits per heavy atom.